The Hall–Kier alpha value is -2.24. The molecule has 24 heavy (non-hydrogen) atoms. The first-order valence-corrected chi connectivity index (χ1v) is 8.75. The molecule has 1 aromatic rings. The van der Waals surface area contributed by atoms with Crippen molar-refractivity contribution in [3.05, 3.63) is 29.8 Å². The molecule has 6 heteroatoms. The lowest BCUT2D eigenvalue weighted by atomic mass is 9.97. The van der Waals surface area contributed by atoms with Crippen LogP contribution in [-0.4, -0.2) is 31.6 Å². The van der Waals surface area contributed by atoms with Gasteiger partial charge in [0.1, 0.15) is 0 Å². The molecule has 1 saturated heterocycles. The third-order valence-electron chi connectivity index (χ3n) is 4.39. The first-order valence-electron chi connectivity index (χ1n) is 8.75. The third kappa shape index (κ3) is 5.44. The number of urea groups is 1. The Morgan fingerprint density at radius 3 is 2.67 bits per heavy atom. The molecule has 1 aliphatic heterocycles. The number of carbonyl (C=O) groups excluding carboxylic acids is 2. The largest absolute Gasteiger partial charge is 0.371 e. The fourth-order valence-corrected chi connectivity index (χ4v) is 2.89. The molecule has 1 fully saturated rings. The van der Waals surface area contributed by atoms with Crippen LogP contribution >= 0.6 is 0 Å². The summed E-state index contributed by atoms with van der Waals surface area (Å²) in [6, 6.07) is 7.96. The van der Waals surface area contributed by atoms with E-state index in [0.717, 1.165) is 43.5 Å². The molecule has 132 valence electrons. The number of nitrogens with zero attached hydrogens (tertiary/aromatic N) is 1. The Labute approximate surface area is 143 Å². The number of hydrogen-bond acceptors (Lipinski definition) is 3. The van der Waals surface area contributed by atoms with Crippen LogP contribution in [0.5, 0.6) is 0 Å². The number of nitrogens with two attached hydrogens (primary N) is 1. The SMILES string of the molecule is CCCCNC(=O)NCc1ccc(N2CCC[C@H](C(N)=O)C2)cc1. The highest BCUT2D eigenvalue weighted by Crippen LogP contribution is 2.23. The van der Waals surface area contributed by atoms with Gasteiger partial charge in [-0.2, -0.15) is 0 Å². The van der Waals surface area contributed by atoms with Gasteiger partial charge in [0.05, 0.1) is 5.92 Å². The average molecular weight is 332 g/mol. The highest BCUT2D eigenvalue weighted by atomic mass is 16.2. The molecule has 0 aromatic heterocycles. The lowest BCUT2D eigenvalue weighted by molar-refractivity contribution is -0.122. The van der Waals surface area contributed by atoms with Crippen LogP contribution in [0.25, 0.3) is 0 Å². The molecule has 0 bridgehead atoms. The summed E-state index contributed by atoms with van der Waals surface area (Å²) < 4.78 is 0. The molecule has 6 nitrogen and oxygen atoms in total. The Morgan fingerprint density at radius 1 is 1.25 bits per heavy atom. The second kappa shape index (κ2) is 9.15. The van der Waals surface area contributed by atoms with E-state index in [0.29, 0.717) is 19.6 Å². The van der Waals surface area contributed by atoms with Crippen LogP contribution < -0.4 is 21.3 Å². The highest BCUT2D eigenvalue weighted by molar-refractivity contribution is 5.77. The zero-order valence-electron chi connectivity index (χ0n) is 14.4. The average Bonchev–Trinajstić information content (AvgIpc) is 2.61. The molecule has 1 aromatic carbocycles. The van der Waals surface area contributed by atoms with Crippen LogP contribution in [0.1, 0.15) is 38.2 Å². The summed E-state index contributed by atoms with van der Waals surface area (Å²) in [4.78, 5) is 25.2. The van der Waals surface area contributed by atoms with Gasteiger partial charge in [0, 0.05) is 31.9 Å². The minimum absolute atomic E-state index is 0.0630. The number of nitrogens with one attached hydrogen (secondary N) is 2. The number of carbonyl (C=O) groups is 2. The Morgan fingerprint density at radius 2 is 2.00 bits per heavy atom. The Balaban J connectivity index is 1.82. The van der Waals surface area contributed by atoms with Crippen LogP contribution in [0.2, 0.25) is 0 Å². The topological polar surface area (TPSA) is 87.5 Å². The number of piperidine rings is 1. The number of rotatable bonds is 7. The number of benzene rings is 1. The summed E-state index contributed by atoms with van der Waals surface area (Å²) in [6.45, 7) is 4.93. The Bertz CT molecular complexity index is 544. The minimum atomic E-state index is -0.213. The Kier molecular flexibility index (Phi) is 6.90. The second-order valence-electron chi connectivity index (χ2n) is 6.32. The van der Waals surface area contributed by atoms with Crippen molar-refractivity contribution in [3.63, 3.8) is 0 Å². The van der Waals surface area contributed by atoms with Gasteiger partial charge in [-0.25, -0.2) is 4.79 Å². The third-order valence-corrected chi connectivity index (χ3v) is 4.39. The fourth-order valence-electron chi connectivity index (χ4n) is 2.89. The normalized spacial score (nSPS) is 17.4. The molecule has 0 saturated carbocycles. The summed E-state index contributed by atoms with van der Waals surface area (Å²) in [5.74, 6) is -0.276. The number of amides is 3. The standard InChI is InChI=1S/C18H28N4O2/c1-2-3-10-20-18(24)21-12-14-6-8-16(9-7-14)22-11-4-5-15(13-22)17(19)23/h6-9,15H,2-5,10-13H2,1H3,(H2,19,23)(H2,20,21,24)/t15-/m0/s1. The number of hydrogen-bond donors (Lipinski definition) is 3. The van der Waals surface area contributed by atoms with E-state index in [-0.39, 0.29) is 17.9 Å². The van der Waals surface area contributed by atoms with E-state index in [2.05, 4.69) is 22.5 Å². The monoisotopic (exact) mass is 332 g/mol. The van der Waals surface area contributed by atoms with Gasteiger partial charge in [-0.05, 0) is 37.0 Å². The molecule has 0 aliphatic carbocycles. The molecule has 0 unspecified atom stereocenters. The van der Waals surface area contributed by atoms with Crippen molar-refractivity contribution in [3.8, 4) is 0 Å². The predicted octanol–water partition coefficient (Wildman–Crippen LogP) is 1.99. The lowest BCUT2D eigenvalue weighted by Gasteiger charge is -2.33. The number of anilines is 1. The van der Waals surface area contributed by atoms with Gasteiger partial charge in [-0.1, -0.05) is 25.5 Å². The molecule has 0 radical (unpaired) electrons. The molecule has 3 amide bonds. The van der Waals surface area contributed by atoms with Crippen LogP contribution in [-0.2, 0) is 11.3 Å². The summed E-state index contributed by atoms with van der Waals surface area (Å²) in [7, 11) is 0. The van der Waals surface area contributed by atoms with E-state index in [9.17, 15) is 9.59 Å². The van der Waals surface area contributed by atoms with Crippen LogP contribution in [0.3, 0.4) is 0 Å². The van der Waals surface area contributed by atoms with Gasteiger partial charge < -0.3 is 21.3 Å². The molecular formula is C18H28N4O2. The van der Waals surface area contributed by atoms with E-state index in [4.69, 9.17) is 5.73 Å². The first-order chi connectivity index (χ1) is 11.6. The van der Waals surface area contributed by atoms with Crippen LogP contribution in [0, 0.1) is 5.92 Å². The van der Waals surface area contributed by atoms with Gasteiger partial charge in [-0.3, -0.25) is 4.79 Å². The maximum Gasteiger partial charge on any atom is 0.315 e. The van der Waals surface area contributed by atoms with Gasteiger partial charge in [0.2, 0.25) is 5.91 Å². The highest BCUT2D eigenvalue weighted by Gasteiger charge is 2.23. The molecule has 1 aliphatic rings. The predicted molar refractivity (Wildman–Crippen MR) is 95.7 cm³/mol. The molecule has 1 heterocycles. The summed E-state index contributed by atoms with van der Waals surface area (Å²) >= 11 is 0. The van der Waals surface area contributed by atoms with E-state index in [1.165, 1.54) is 0 Å². The number of primary amides is 1. The zero-order chi connectivity index (χ0) is 17.4. The summed E-state index contributed by atoms with van der Waals surface area (Å²) in [5, 5.41) is 5.68. The number of unbranched alkanes of at least 4 members (excludes halogenated alkanes) is 1. The van der Waals surface area contributed by atoms with E-state index in [1.807, 2.05) is 24.3 Å². The van der Waals surface area contributed by atoms with Gasteiger partial charge >= 0.3 is 6.03 Å². The van der Waals surface area contributed by atoms with Crippen molar-refractivity contribution in [2.24, 2.45) is 11.7 Å². The van der Waals surface area contributed by atoms with Gasteiger partial charge in [-0.15, -0.1) is 0 Å². The van der Waals surface area contributed by atoms with E-state index < -0.39 is 0 Å². The van der Waals surface area contributed by atoms with Gasteiger partial charge in [0.25, 0.3) is 0 Å². The quantitative estimate of drug-likeness (QED) is 0.667. The molecule has 1 atom stereocenters. The second-order valence-corrected chi connectivity index (χ2v) is 6.32. The van der Waals surface area contributed by atoms with Crippen LogP contribution in [0.4, 0.5) is 10.5 Å². The minimum Gasteiger partial charge on any atom is -0.371 e. The molecule has 4 N–H and O–H groups in total. The zero-order valence-corrected chi connectivity index (χ0v) is 14.4. The molecule has 2 rings (SSSR count). The van der Waals surface area contributed by atoms with Crippen molar-refractivity contribution >= 4 is 17.6 Å². The van der Waals surface area contributed by atoms with Crippen molar-refractivity contribution in [2.75, 3.05) is 24.5 Å². The van der Waals surface area contributed by atoms with Crippen molar-refractivity contribution < 1.29 is 9.59 Å². The van der Waals surface area contributed by atoms with Gasteiger partial charge in [0.15, 0.2) is 0 Å². The van der Waals surface area contributed by atoms with Crippen molar-refractivity contribution in [1.29, 1.82) is 0 Å². The maximum absolute atomic E-state index is 11.6. The smallest absolute Gasteiger partial charge is 0.315 e. The molecule has 0 spiro atoms. The molecular weight excluding hydrogens is 304 g/mol. The van der Waals surface area contributed by atoms with E-state index in [1.54, 1.807) is 0 Å². The van der Waals surface area contributed by atoms with E-state index >= 15 is 0 Å². The first kappa shape index (κ1) is 18.1. The van der Waals surface area contributed by atoms with Crippen molar-refractivity contribution in [2.45, 2.75) is 39.2 Å². The summed E-state index contributed by atoms with van der Waals surface area (Å²) in [5.41, 5.74) is 7.57. The maximum atomic E-state index is 11.6. The van der Waals surface area contributed by atoms with Crippen LogP contribution in [0.15, 0.2) is 24.3 Å². The summed E-state index contributed by atoms with van der Waals surface area (Å²) in [6.07, 6.45) is 3.91. The van der Waals surface area contributed by atoms with Crippen molar-refractivity contribution in [1.82, 2.24) is 10.6 Å². The lowest BCUT2D eigenvalue weighted by Crippen LogP contribution is -2.41. The fraction of sp³-hybridized carbons (Fsp3) is 0.556.